The minimum Gasteiger partial charge on any atom is -0.354 e. The van der Waals surface area contributed by atoms with E-state index in [4.69, 9.17) is 5.26 Å². The molecule has 2 amide bonds. The fourth-order valence-electron chi connectivity index (χ4n) is 4.66. The number of amides is 2. The Labute approximate surface area is 224 Å². The van der Waals surface area contributed by atoms with Gasteiger partial charge in [-0.05, 0) is 48.0 Å². The number of anilines is 2. The summed E-state index contributed by atoms with van der Waals surface area (Å²) < 4.78 is 93.9. The van der Waals surface area contributed by atoms with Gasteiger partial charge in [0.2, 0.25) is 0 Å². The van der Waals surface area contributed by atoms with Gasteiger partial charge in [0.25, 0.3) is 0 Å². The highest BCUT2D eigenvalue weighted by Crippen LogP contribution is 2.39. The van der Waals surface area contributed by atoms with Crippen molar-refractivity contribution >= 4 is 17.5 Å². The first-order valence-corrected chi connectivity index (χ1v) is 11.9. The molecule has 4 rings (SSSR count). The Morgan fingerprint density at radius 2 is 1.55 bits per heavy atom. The highest BCUT2D eigenvalue weighted by atomic mass is 19.4. The van der Waals surface area contributed by atoms with Crippen LogP contribution in [0, 0.1) is 17.1 Å². The van der Waals surface area contributed by atoms with E-state index in [1.165, 1.54) is 30.3 Å². The van der Waals surface area contributed by atoms with Crippen LogP contribution in [0.25, 0.3) is 0 Å². The number of hydrogen-bond acceptors (Lipinski definition) is 4. The molecule has 1 aromatic heterocycles. The Hall–Kier alpha value is -4.34. The SMILES string of the molecule is CN(C(=O)N(C)C1CN(c2ccc(C#N)cn2)CC1c1ccc(F)cc1)c1cc(C(F)(F)F)cc(C(F)(F)F)c1. The summed E-state index contributed by atoms with van der Waals surface area (Å²) in [5.74, 6) is -0.388. The zero-order valence-corrected chi connectivity index (χ0v) is 21.1. The van der Waals surface area contributed by atoms with E-state index in [-0.39, 0.29) is 12.6 Å². The average Bonchev–Trinajstić information content (AvgIpc) is 3.36. The molecule has 40 heavy (non-hydrogen) atoms. The van der Waals surface area contributed by atoms with Crippen LogP contribution in [0.3, 0.4) is 0 Å². The van der Waals surface area contributed by atoms with Crippen molar-refractivity contribution in [1.29, 1.82) is 5.26 Å². The number of benzene rings is 2. The van der Waals surface area contributed by atoms with E-state index in [1.807, 2.05) is 11.0 Å². The Bertz CT molecular complexity index is 1380. The van der Waals surface area contributed by atoms with Crippen LogP contribution in [0.1, 0.15) is 28.2 Å². The smallest absolute Gasteiger partial charge is 0.354 e. The van der Waals surface area contributed by atoms with E-state index in [9.17, 15) is 35.5 Å². The summed E-state index contributed by atoms with van der Waals surface area (Å²) in [6.07, 6.45) is -8.76. The van der Waals surface area contributed by atoms with Gasteiger partial charge in [0.05, 0.1) is 22.7 Å². The van der Waals surface area contributed by atoms with E-state index >= 15 is 0 Å². The Kier molecular flexibility index (Phi) is 7.65. The van der Waals surface area contributed by atoms with Crippen LogP contribution in [0.15, 0.2) is 60.8 Å². The highest BCUT2D eigenvalue weighted by Gasteiger charge is 2.41. The summed E-state index contributed by atoms with van der Waals surface area (Å²) in [5, 5.41) is 9.04. The van der Waals surface area contributed by atoms with E-state index in [2.05, 4.69) is 4.98 Å². The quantitative estimate of drug-likeness (QED) is 0.349. The molecule has 0 aliphatic carbocycles. The van der Waals surface area contributed by atoms with Crippen molar-refractivity contribution < 1.29 is 35.5 Å². The van der Waals surface area contributed by atoms with Crippen LogP contribution in [-0.4, -0.2) is 49.1 Å². The van der Waals surface area contributed by atoms with E-state index in [0.29, 0.717) is 35.6 Å². The number of halogens is 7. The molecule has 1 aliphatic heterocycles. The molecule has 210 valence electrons. The number of nitriles is 1. The Morgan fingerprint density at radius 3 is 2.05 bits per heavy atom. The molecule has 6 nitrogen and oxygen atoms in total. The molecule has 0 spiro atoms. The maximum absolute atomic E-state index is 13.6. The first-order chi connectivity index (χ1) is 18.7. The monoisotopic (exact) mass is 565 g/mol. The molecule has 13 heteroatoms. The summed E-state index contributed by atoms with van der Waals surface area (Å²) in [6, 6.07) is 10.3. The van der Waals surface area contributed by atoms with Crippen LogP contribution in [0.4, 0.5) is 47.0 Å². The second-order valence-corrected chi connectivity index (χ2v) is 9.36. The van der Waals surface area contributed by atoms with Gasteiger partial charge in [-0.3, -0.25) is 4.90 Å². The fourth-order valence-corrected chi connectivity index (χ4v) is 4.66. The summed E-state index contributed by atoms with van der Waals surface area (Å²) in [5.41, 5.74) is -2.66. The molecule has 0 radical (unpaired) electrons. The molecule has 3 aromatic rings. The van der Waals surface area contributed by atoms with Crippen molar-refractivity contribution in [1.82, 2.24) is 9.88 Å². The Balaban J connectivity index is 1.67. The summed E-state index contributed by atoms with van der Waals surface area (Å²) in [6.45, 7) is 0.520. The molecule has 1 fully saturated rings. The molecule has 2 unspecified atom stereocenters. The van der Waals surface area contributed by atoms with Gasteiger partial charge >= 0.3 is 18.4 Å². The van der Waals surface area contributed by atoms with Gasteiger partial charge in [0.1, 0.15) is 17.7 Å². The zero-order valence-electron chi connectivity index (χ0n) is 21.1. The molecule has 0 saturated carbocycles. The molecular formula is C27H22F7N5O. The standard InChI is InChI=1S/C27H22F7N5O/c1-37(21-10-18(26(29,30)31)9-19(11-21)27(32,33)34)25(40)38(2)23-15-39(24-8-3-16(12-35)13-36-24)14-22(23)17-4-6-20(28)7-5-17/h3-11,13,22-23H,14-15H2,1-2H3. The molecular weight excluding hydrogens is 543 g/mol. The molecule has 2 atom stereocenters. The van der Waals surface area contributed by atoms with Crippen molar-refractivity contribution in [2.75, 3.05) is 37.0 Å². The van der Waals surface area contributed by atoms with Crippen LogP contribution >= 0.6 is 0 Å². The number of aromatic nitrogens is 1. The maximum Gasteiger partial charge on any atom is 0.416 e. The molecule has 1 aliphatic rings. The largest absolute Gasteiger partial charge is 0.416 e. The number of hydrogen-bond donors (Lipinski definition) is 0. The van der Waals surface area contributed by atoms with Gasteiger partial charge in [-0.25, -0.2) is 14.2 Å². The first-order valence-electron chi connectivity index (χ1n) is 11.9. The summed E-state index contributed by atoms with van der Waals surface area (Å²) >= 11 is 0. The van der Waals surface area contributed by atoms with Crippen LogP contribution < -0.4 is 9.80 Å². The van der Waals surface area contributed by atoms with Crippen molar-refractivity contribution in [3.63, 3.8) is 0 Å². The lowest BCUT2D eigenvalue weighted by molar-refractivity contribution is -0.143. The third kappa shape index (κ3) is 5.95. The predicted molar refractivity (Wildman–Crippen MR) is 132 cm³/mol. The lowest BCUT2D eigenvalue weighted by Crippen LogP contribution is -2.47. The first kappa shape index (κ1) is 28.7. The van der Waals surface area contributed by atoms with E-state index < -0.39 is 53.0 Å². The van der Waals surface area contributed by atoms with Crippen molar-refractivity contribution in [3.05, 3.63) is 88.9 Å². The number of alkyl halides is 6. The number of likely N-dealkylation sites (N-methyl/N-ethyl adjacent to an activating group) is 1. The van der Waals surface area contributed by atoms with Crippen molar-refractivity contribution in [2.45, 2.75) is 24.3 Å². The molecule has 2 heterocycles. The normalized spacial score (nSPS) is 17.4. The minimum absolute atomic E-state index is 0.00444. The van der Waals surface area contributed by atoms with Gasteiger partial charge in [0, 0.05) is 45.0 Å². The summed E-state index contributed by atoms with van der Waals surface area (Å²) in [7, 11) is 2.49. The van der Waals surface area contributed by atoms with Crippen molar-refractivity contribution in [3.8, 4) is 6.07 Å². The van der Waals surface area contributed by atoms with Gasteiger partial charge in [0.15, 0.2) is 0 Å². The third-order valence-electron chi connectivity index (χ3n) is 6.83. The lowest BCUT2D eigenvalue weighted by atomic mass is 9.93. The lowest BCUT2D eigenvalue weighted by Gasteiger charge is -2.33. The predicted octanol–water partition coefficient (Wildman–Crippen LogP) is 6.29. The van der Waals surface area contributed by atoms with Gasteiger partial charge in [-0.2, -0.15) is 31.6 Å². The fraction of sp³-hybridized carbons (Fsp3) is 0.296. The van der Waals surface area contributed by atoms with Gasteiger partial charge in [-0.1, -0.05) is 12.1 Å². The van der Waals surface area contributed by atoms with E-state index in [0.717, 1.165) is 11.9 Å². The average molecular weight is 565 g/mol. The topological polar surface area (TPSA) is 63.5 Å². The van der Waals surface area contributed by atoms with Gasteiger partial charge in [-0.15, -0.1) is 0 Å². The molecule has 0 bridgehead atoms. The van der Waals surface area contributed by atoms with Crippen LogP contribution in [-0.2, 0) is 12.4 Å². The number of urea groups is 1. The second-order valence-electron chi connectivity index (χ2n) is 9.36. The van der Waals surface area contributed by atoms with Crippen LogP contribution in [0.2, 0.25) is 0 Å². The third-order valence-corrected chi connectivity index (χ3v) is 6.83. The number of carbonyl (C=O) groups is 1. The number of rotatable bonds is 4. The van der Waals surface area contributed by atoms with Gasteiger partial charge < -0.3 is 9.80 Å². The molecule has 1 saturated heterocycles. The van der Waals surface area contributed by atoms with Crippen molar-refractivity contribution in [2.24, 2.45) is 0 Å². The number of pyridine rings is 1. The minimum atomic E-state index is -5.07. The zero-order chi connectivity index (χ0) is 29.4. The van der Waals surface area contributed by atoms with Crippen LogP contribution in [0.5, 0.6) is 0 Å². The second kappa shape index (κ2) is 10.7. The highest BCUT2D eigenvalue weighted by molar-refractivity contribution is 5.92. The number of nitrogens with zero attached hydrogens (tertiary/aromatic N) is 5. The van der Waals surface area contributed by atoms with E-state index in [1.54, 1.807) is 24.3 Å². The maximum atomic E-state index is 13.6. The summed E-state index contributed by atoms with van der Waals surface area (Å²) in [4.78, 5) is 21.5. The molecule has 0 N–H and O–H groups in total. The molecule has 2 aromatic carbocycles. The number of carbonyl (C=O) groups excluding carboxylic acids is 1. The Morgan fingerprint density at radius 1 is 0.950 bits per heavy atom.